The quantitative estimate of drug-likeness (QED) is 0.840. The van der Waals surface area contributed by atoms with E-state index >= 15 is 0 Å². The minimum Gasteiger partial charge on any atom is -0.384 e. The zero-order valence-electron chi connectivity index (χ0n) is 12.6. The number of ether oxygens (including phenoxy) is 1. The molecule has 1 aliphatic rings. The summed E-state index contributed by atoms with van der Waals surface area (Å²) in [5.74, 6) is 5.54. The Morgan fingerprint density at radius 3 is 3.05 bits per heavy atom. The van der Waals surface area contributed by atoms with Crippen molar-refractivity contribution in [2.24, 2.45) is 0 Å². The highest BCUT2D eigenvalue weighted by Gasteiger charge is 2.25. The van der Waals surface area contributed by atoms with E-state index in [0.29, 0.717) is 12.1 Å². The smallest absolute Gasteiger partial charge is 0.254 e. The third-order valence-electron chi connectivity index (χ3n) is 3.87. The maximum atomic E-state index is 12.7. The molecule has 4 nitrogen and oxygen atoms in total. The van der Waals surface area contributed by atoms with Crippen molar-refractivity contribution in [2.75, 3.05) is 26.8 Å². The largest absolute Gasteiger partial charge is 0.384 e. The summed E-state index contributed by atoms with van der Waals surface area (Å²) in [5, 5.41) is 8.79. The molecular weight excluding hydrogens is 266 g/mol. The molecule has 1 N–H and O–H groups in total. The zero-order valence-corrected chi connectivity index (χ0v) is 12.6. The van der Waals surface area contributed by atoms with Crippen molar-refractivity contribution in [1.29, 1.82) is 0 Å². The zero-order chi connectivity index (χ0) is 15.2. The van der Waals surface area contributed by atoms with Gasteiger partial charge in [-0.15, -0.1) is 0 Å². The van der Waals surface area contributed by atoms with Gasteiger partial charge in [-0.05, 0) is 37.5 Å². The molecule has 0 bridgehead atoms. The molecule has 0 radical (unpaired) electrons. The highest BCUT2D eigenvalue weighted by atomic mass is 16.5. The Morgan fingerprint density at radius 2 is 2.33 bits per heavy atom. The van der Waals surface area contributed by atoms with Crippen LogP contribution in [0.5, 0.6) is 0 Å². The second-order valence-electron chi connectivity index (χ2n) is 5.19. The first kappa shape index (κ1) is 15.6. The molecule has 21 heavy (non-hydrogen) atoms. The van der Waals surface area contributed by atoms with Gasteiger partial charge in [0, 0.05) is 31.3 Å². The monoisotopic (exact) mass is 287 g/mol. The average molecular weight is 287 g/mol. The lowest BCUT2D eigenvalue weighted by molar-refractivity contribution is 0.0268. The van der Waals surface area contributed by atoms with Crippen LogP contribution in [0.3, 0.4) is 0 Å². The van der Waals surface area contributed by atoms with E-state index in [1.165, 1.54) is 0 Å². The maximum absolute atomic E-state index is 12.7. The van der Waals surface area contributed by atoms with Crippen LogP contribution in [0.2, 0.25) is 0 Å². The first-order valence-electron chi connectivity index (χ1n) is 7.18. The summed E-state index contributed by atoms with van der Waals surface area (Å²) in [5.41, 5.74) is 2.33. The number of likely N-dealkylation sites (tertiary alicyclic amines) is 1. The molecule has 1 fully saturated rings. The number of benzene rings is 1. The standard InChI is InChI=1S/C17H21NO3/c1-13-14(7-5-11-19)6-3-9-16(13)17(20)18-10-4-8-15(12-18)21-2/h3,6,9,15,19H,4,8,10-12H2,1-2H3. The first-order valence-corrected chi connectivity index (χ1v) is 7.18. The summed E-state index contributed by atoms with van der Waals surface area (Å²) >= 11 is 0. The molecule has 1 aromatic rings. The van der Waals surface area contributed by atoms with E-state index in [-0.39, 0.29) is 18.6 Å². The molecule has 1 unspecified atom stereocenters. The van der Waals surface area contributed by atoms with Crippen LogP contribution in [0.4, 0.5) is 0 Å². The van der Waals surface area contributed by atoms with E-state index < -0.39 is 0 Å². The van der Waals surface area contributed by atoms with Crippen molar-refractivity contribution >= 4 is 5.91 Å². The summed E-state index contributed by atoms with van der Waals surface area (Å²) in [6, 6.07) is 5.53. The van der Waals surface area contributed by atoms with E-state index in [0.717, 1.165) is 30.5 Å². The van der Waals surface area contributed by atoms with Gasteiger partial charge in [0.25, 0.3) is 5.91 Å². The molecule has 1 aromatic carbocycles. The number of carbonyl (C=O) groups excluding carboxylic acids is 1. The Labute approximate surface area is 125 Å². The fraction of sp³-hybridized carbons (Fsp3) is 0.471. The number of hydrogen-bond donors (Lipinski definition) is 1. The highest BCUT2D eigenvalue weighted by molar-refractivity contribution is 5.96. The molecule has 0 aromatic heterocycles. The van der Waals surface area contributed by atoms with Crippen molar-refractivity contribution in [1.82, 2.24) is 4.90 Å². The van der Waals surface area contributed by atoms with Gasteiger partial charge in [0.05, 0.1) is 6.10 Å². The van der Waals surface area contributed by atoms with Crippen molar-refractivity contribution in [2.45, 2.75) is 25.9 Å². The average Bonchev–Trinajstić information content (AvgIpc) is 2.53. The summed E-state index contributed by atoms with van der Waals surface area (Å²) in [4.78, 5) is 14.5. The van der Waals surface area contributed by atoms with Crippen LogP contribution in [0.15, 0.2) is 18.2 Å². The molecule has 1 heterocycles. The Bertz CT molecular complexity index is 571. The lowest BCUT2D eigenvalue weighted by atomic mass is 10.00. The molecule has 1 saturated heterocycles. The number of aliphatic hydroxyl groups is 1. The Kier molecular flexibility index (Phi) is 5.38. The number of carbonyl (C=O) groups is 1. The molecule has 0 saturated carbocycles. The van der Waals surface area contributed by atoms with Crippen LogP contribution in [0.1, 0.15) is 34.3 Å². The van der Waals surface area contributed by atoms with E-state index in [9.17, 15) is 4.79 Å². The van der Waals surface area contributed by atoms with Crippen molar-refractivity contribution in [3.8, 4) is 11.8 Å². The fourth-order valence-corrected chi connectivity index (χ4v) is 2.62. The summed E-state index contributed by atoms with van der Waals surface area (Å²) < 4.78 is 5.37. The number of aliphatic hydroxyl groups excluding tert-OH is 1. The third kappa shape index (κ3) is 3.63. The van der Waals surface area contributed by atoms with Crippen molar-refractivity contribution in [3.05, 3.63) is 34.9 Å². The Balaban J connectivity index is 2.23. The van der Waals surface area contributed by atoms with Crippen LogP contribution in [0, 0.1) is 18.8 Å². The van der Waals surface area contributed by atoms with Gasteiger partial charge < -0.3 is 14.7 Å². The van der Waals surface area contributed by atoms with E-state index in [1.807, 2.05) is 30.0 Å². The van der Waals surface area contributed by atoms with Crippen LogP contribution < -0.4 is 0 Å². The lowest BCUT2D eigenvalue weighted by Crippen LogP contribution is -2.43. The van der Waals surface area contributed by atoms with Gasteiger partial charge >= 0.3 is 0 Å². The van der Waals surface area contributed by atoms with Crippen LogP contribution in [-0.2, 0) is 4.74 Å². The molecule has 0 spiro atoms. The summed E-state index contributed by atoms with van der Waals surface area (Å²) in [7, 11) is 1.69. The van der Waals surface area contributed by atoms with Crippen molar-refractivity contribution < 1.29 is 14.6 Å². The minimum atomic E-state index is -0.181. The van der Waals surface area contributed by atoms with E-state index in [4.69, 9.17) is 9.84 Å². The van der Waals surface area contributed by atoms with Gasteiger partial charge in [0.1, 0.15) is 6.61 Å². The SMILES string of the molecule is COC1CCCN(C(=O)c2cccc(C#CCO)c2C)C1. The third-order valence-corrected chi connectivity index (χ3v) is 3.87. The number of amides is 1. The molecule has 4 heteroatoms. The molecule has 2 rings (SSSR count). The predicted molar refractivity (Wildman–Crippen MR) is 81.1 cm³/mol. The first-order chi connectivity index (χ1) is 10.2. The van der Waals surface area contributed by atoms with Gasteiger partial charge in [-0.25, -0.2) is 0 Å². The predicted octanol–water partition coefficient (Wildman–Crippen LogP) is 1.59. The summed E-state index contributed by atoms with van der Waals surface area (Å²) in [6.45, 7) is 3.12. The van der Waals surface area contributed by atoms with Crippen LogP contribution in [-0.4, -0.2) is 48.8 Å². The number of rotatable bonds is 2. The van der Waals surface area contributed by atoms with Crippen LogP contribution >= 0.6 is 0 Å². The Morgan fingerprint density at radius 1 is 1.52 bits per heavy atom. The summed E-state index contributed by atoms with van der Waals surface area (Å²) in [6.07, 6.45) is 2.09. The van der Waals surface area contributed by atoms with Gasteiger partial charge in [-0.3, -0.25) is 4.79 Å². The second-order valence-corrected chi connectivity index (χ2v) is 5.19. The molecule has 1 aliphatic heterocycles. The number of hydrogen-bond acceptors (Lipinski definition) is 3. The topological polar surface area (TPSA) is 49.8 Å². The normalized spacial score (nSPS) is 18.0. The molecular formula is C17H21NO3. The van der Waals surface area contributed by atoms with E-state index in [1.54, 1.807) is 7.11 Å². The fourth-order valence-electron chi connectivity index (χ4n) is 2.62. The molecule has 1 atom stereocenters. The Hall–Kier alpha value is -1.83. The number of methoxy groups -OCH3 is 1. The highest BCUT2D eigenvalue weighted by Crippen LogP contribution is 2.19. The van der Waals surface area contributed by atoms with Crippen LogP contribution in [0.25, 0.3) is 0 Å². The maximum Gasteiger partial charge on any atom is 0.254 e. The minimum absolute atomic E-state index is 0.0295. The van der Waals surface area contributed by atoms with Gasteiger partial charge in [0.15, 0.2) is 0 Å². The van der Waals surface area contributed by atoms with Gasteiger partial charge in [0.2, 0.25) is 0 Å². The molecule has 112 valence electrons. The lowest BCUT2D eigenvalue weighted by Gasteiger charge is -2.32. The second kappa shape index (κ2) is 7.26. The van der Waals surface area contributed by atoms with Crippen molar-refractivity contribution in [3.63, 3.8) is 0 Å². The number of piperidine rings is 1. The molecule has 1 amide bonds. The number of nitrogens with zero attached hydrogens (tertiary/aromatic N) is 1. The van der Waals surface area contributed by atoms with Gasteiger partial charge in [-0.1, -0.05) is 17.9 Å². The van der Waals surface area contributed by atoms with E-state index in [2.05, 4.69) is 11.8 Å². The van der Waals surface area contributed by atoms with Gasteiger partial charge in [-0.2, -0.15) is 0 Å². The molecule has 0 aliphatic carbocycles.